The van der Waals surface area contributed by atoms with Crippen molar-refractivity contribution in [1.82, 2.24) is 0 Å². The predicted octanol–water partition coefficient (Wildman–Crippen LogP) is 1.51. The standard InChI is InChI=1S/C11H18O5/c1-2-3-7-6-8(11(14)15)9(16-7)4-5-10(12)13/h7-9H,2-6H2,1H3,(H,12,13)(H,14,15)/t7-,8-,9+/m0/s1. The Morgan fingerprint density at radius 3 is 2.50 bits per heavy atom. The third kappa shape index (κ3) is 3.48. The van der Waals surface area contributed by atoms with Crippen molar-refractivity contribution in [3.63, 3.8) is 0 Å². The van der Waals surface area contributed by atoms with Gasteiger partial charge in [-0.15, -0.1) is 0 Å². The Labute approximate surface area is 94.4 Å². The van der Waals surface area contributed by atoms with Gasteiger partial charge in [0.2, 0.25) is 0 Å². The summed E-state index contributed by atoms with van der Waals surface area (Å²) in [5.41, 5.74) is 0. The van der Waals surface area contributed by atoms with Crippen molar-refractivity contribution in [1.29, 1.82) is 0 Å². The molecule has 0 spiro atoms. The van der Waals surface area contributed by atoms with Crippen molar-refractivity contribution < 1.29 is 24.5 Å². The second-order valence-corrected chi connectivity index (χ2v) is 4.20. The smallest absolute Gasteiger partial charge is 0.309 e. The molecule has 1 rings (SSSR count). The molecule has 1 fully saturated rings. The van der Waals surface area contributed by atoms with Gasteiger partial charge in [0.25, 0.3) is 0 Å². The Morgan fingerprint density at radius 1 is 1.31 bits per heavy atom. The van der Waals surface area contributed by atoms with E-state index in [9.17, 15) is 9.59 Å². The first-order valence-corrected chi connectivity index (χ1v) is 5.64. The molecule has 0 radical (unpaired) electrons. The maximum Gasteiger partial charge on any atom is 0.309 e. The second kappa shape index (κ2) is 5.84. The van der Waals surface area contributed by atoms with Crippen LogP contribution in [0, 0.1) is 5.92 Å². The zero-order chi connectivity index (χ0) is 12.1. The molecule has 1 heterocycles. The van der Waals surface area contributed by atoms with Gasteiger partial charge in [-0.3, -0.25) is 9.59 Å². The fourth-order valence-electron chi connectivity index (χ4n) is 2.14. The van der Waals surface area contributed by atoms with Gasteiger partial charge >= 0.3 is 11.9 Å². The SMILES string of the molecule is CCC[C@H]1C[C@H](C(=O)O)[C@@H](CCC(=O)O)O1. The molecule has 0 aromatic rings. The minimum Gasteiger partial charge on any atom is -0.481 e. The van der Waals surface area contributed by atoms with Crippen molar-refractivity contribution in [3.05, 3.63) is 0 Å². The first-order chi connectivity index (χ1) is 7.54. The molecule has 5 heteroatoms. The number of aliphatic carboxylic acids is 2. The number of carboxylic acids is 2. The Morgan fingerprint density at radius 2 is 2.00 bits per heavy atom. The zero-order valence-electron chi connectivity index (χ0n) is 9.39. The summed E-state index contributed by atoms with van der Waals surface area (Å²) in [6.45, 7) is 2.02. The summed E-state index contributed by atoms with van der Waals surface area (Å²) in [4.78, 5) is 21.4. The molecule has 2 N–H and O–H groups in total. The molecule has 1 aliphatic rings. The third-order valence-electron chi connectivity index (χ3n) is 2.90. The van der Waals surface area contributed by atoms with Gasteiger partial charge in [-0.05, 0) is 19.3 Å². The monoisotopic (exact) mass is 230 g/mol. The predicted molar refractivity (Wildman–Crippen MR) is 56.2 cm³/mol. The molecular weight excluding hydrogens is 212 g/mol. The van der Waals surface area contributed by atoms with Crippen LogP contribution in [0.1, 0.15) is 39.0 Å². The van der Waals surface area contributed by atoms with E-state index < -0.39 is 24.0 Å². The molecule has 0 bridgehead atoms. The van der Waals surface area contributed by atoms with Crippen LogP contribution in [0.2, 0.25) is 0 Å². The van der Waals surface area contributed by atoms with E-state index >= 15 is 0 Å². The van der Waals surface area contributed by atoms with Gasteiger partial charge in [0.05, 0.1) is 18.1 Å². The molecule has 1 saturated heterocycles. The van der Waals surface area contributed by atoms with E-state index in [0.717, 1.165) is 12.8 Å². The third-order valence-corrected chi connectivity index (χ3v) is 2.90. The van der Waals surface area contributed by atoms with Crippen LogP contribution in [0.3, 0.4) is 0 Å². The zero-order valence-corrected chi connectivity index (χ0v) is 9.39. The Bertz CT molecular complexity index is 263. The molecule has 0 aromatic heterocycles. The highest BCUT2D eigenvalue weighted by atomic mass is 16.5. The van der Waals surface area contributed by atoms with E-state index in [1.54, 1.807) is 0 Å². The van der Waals surface area contributed by atoms with Crippen LogP contribution in [0.5, 0.6) is 0 Å². The van der Waals surface area contributed by atoms with Crippen LogP contribution in [-0.4, -0.2) is 34.4 Å². The van der Waals surface area contributed by atoms with Gasteiger partial charge in [0, 0.05) is 6.42 Å². The van der Waals surface area contributed by atoms with E-state index in [4.69, 9.17) is 14.9 Å². The van der Waals surface area contributed by atoms with Gasteiger partial charge in [0.1, 0.15) is 0 Å². The highest BCUT2D eigenvalue weighted by molar-refractivity contribution is 5.71. The van der Waals surface area contributed by atoms with Crippen LogP contribution in [-0.2, 0) is 14.3 Å². The fourth-order valence-corrected chi connectivity index (χ4v) is 2.14. The molecule has 16 heavy (non-hydrogen) atoms. The summed E-state index contributed by atoms with van der Waals surface area (Å²) in [5.74, 6) is -2.34. The van der Waals surface area contributed by atoms with Crippen LogP contribution < -0.4 is 0 Å². The van der Waals surface area contributed by atoms with Gasteiger partial charge in [-0.25, -0.2) is 0 Å². The number of rotatable bonds is 6. The number of carbonyl (C=O) groups is 2. The topological polar surface area (TPSA) is 83.8 Å². The molecule has 0 saturated carbocycles. The van der Waals surface area contributed by atoms with Crippen LogP contribution in [0.25, 0.3) is 0 Å². The highest BCUT2D eigenvalue weighted by Crippen LogP contribution is 2.31. The van der Waals surface area contributed by atoms with Crippen LogP contribution in [0.15, 0.2) is 0 Å². The number of ether oxygens (including phenoxy) is 1. The normalized spacial score (nSPS) is 29.2. The van der Waals surface area contributed by atoms with Gasteiger partial charge in [-0.1, -0.05) is 13.3 Å². The molecule has 1 aliphatic heterocycles. The van der Waals surface area contributed by atoms with Crippen molar-refractivity contribution in [3.8, 4) is 0 Å². The molecule has 92 valence electrons. The molecular formula is C11H18O5. The average Bonchev–Trinajstić information content (AvgIpc) is 2.59. The van der Waals surface area contributed by atoms with Crippen LogP contribution >= 0.6 is 0 Å². The lowest BCUT2D eigenvalue weighted by Crippen LogP contribution is -2.24. The van der Waals surface area contributed by atoms with E-state index in [1.807, 2.05) is 6.92 Å². The van der Waals surface area contributed by atoms with Crippen molar-refractivity contribution in [2.75, 3.05) is 0 Å². The Balaban J connectivity index is 2.51. The summed E-state index contributed by atoms with van der Waals surface area (Å²) in [6.07, 6.45) is 2.08. The van der Waals surface area contributed by atoms with E-state index in [-0.39, 0.29) is 18.9 Å². The summed E-state index contributed by atoms with van der Waals surface area (Å²) >= 11 is 0. The van der Waals surface area contributed by atoms with Gasteiger partial charge < -0.3 is 14.9 Å². The number of carboxylic acid groups (broad SMARTS) is 2. The maximum atomic E-state index is 11.0. The number of hydrogen-bond donors (Lipinski definition) is 2. The minimum atomic E-state index is -0.910. The van der Waals surface area contributed by atoms with Gasteiger partial charge in [0.15, 0.2) is 0 Å². The molecule has 0 aliphatic carbocycles. The summed E-state index contributed by atoms with van der Waals surface area (Å²) < 4.78 is 5.58. The van der Waals surface area contributed by atoms with Crippen LogP contribution in [0.4, 0.5) is 0 Å². The number of hydrogen-bond acceptors (Lipinski definition) is 3. The van der Waals surface area contributed by atoms with Crippen molar-refractivity contribution in [2.45, 2.75) is 51.2 Å². The van der Waals surface area contributed by atoms with E-state index in [0.29, 0.717) is 6.42 Å². The molecule has 0 amide bonds. The maximum absolute atomic E-state index is 11.0. The summed E-state index contributed by atoms with van der Waals surface area (Å²) in [5, 5.41) is 17.6. The molecule has 5 nitrogen and oxygen atoms in total. The summed E-state index contributed by atoms with van der Waals surface area (Å²) in [7, 11) is 0. The van der Waals surface area contributed by atoms with E-state index in [1.165, 1.54) is 0 Å². The summed E-state index contributed by atoms with van der Waals surface area (Å²) in [6, 6.07) is 0. The molecule has 3 atom stereocenters. The second-order valence-electron chi connectivity index (χ2n) is 4.20. The minimum absolute atomic E-state index is 0.0232. The lowest BCUT2D eigenvalue weighted by atomic mass is 9.95. The Hall–Kier alpha value is -1.10. The van der Waals surface area contributed by atoms with E-state index in [2.05, 4.69) is 0 Å². The molecule has 0 aromatic carbocycles. The first kappa shape index (κ1) is 13.0. The highest BCUT2D eigenvalue weighted by Gasteiger charge is 2.39. The Kier molecular flexibility index (Phi) is 4.73. The average molecular weight is 230 g/mol. The largest absolute Gasteiger partial charge is 0.481 e. The quantitative estimate of drug-likeness (QED) is 0.722. The lowest BCUT2D eigenvalue weighted by Gasteiger charge is -2.14. The van der Waals surface area contributed by atoms with Gasteiger partial charge in [-0.2, -0.15) is 0 Å². The first-order valence-electron chi connectivity index (χ1n) is 5.64. The molecule has 0 unspecified atom stereocenters. The van der Waals surface area contributed by atoms with Crippen molar-refractivity contribution >= 4 is 11.9 Å². The fraction of sp³-hybridized carbons (Fsp3) is 0.818. The van der Waals surface area contributed by atoms with Crippen molar-refractivity contribution in [2.24, 2.45) is 5.92 Å². The lowest BCUT2D eigenvalue weighted by molar-refractivity contribution is -0.145.